The first-order chi connectivity index (χ1) is 8.66. The van der Waals surface area contributed by atoms with E-state index in [4.69, 9.17) is 5.11 Å². The summed E-state index contributed by atoms with van der Waals surface area (Å²) in [5.41, 5.74) is 1.01. The smallest absolute Gasteiger partial charge is 0.339 e. The molecule has 0 fully saturated rings. The summed E-state index contributed by atoms with van der Waals surface area (Å²) in [6.07, 6.45) is 7.10. The minimum absolute atomic E-state index is 0.285. The van der Waals surface area contributed by atoms with E-state index in [9.17, 15) is 4.79 Å². The highest BCUT2D eigenvalue weighted by Crippen LogP contribution is 2.07. The average Bonchev–Trinajstić information content (AvgIpc) is 2.70. The van der Waals surface area contributed by atoms with E-state index in [0.717, 1.165) is 18.7 Å². The molecule has 0 radical (unpaired) electrons. The molecule has 0 aliphatic rings. The molecule has 0 amide bonds. The van der Waals surface area contributed by atoms with Gasteiger partial charge in [-0.25, -0.2) is 4.79 Å². The maximum absolute atomic E-state index is 11.0. The summed E-state index contributed by atoms with van der Waals surface area (Å²) in [6, 6.07) is 0. The van der Waals surface area contributed by atoms with E-state index in [2.05, 4.69) is 16.7 Å². The SMILES string of the molecule is CSCCCCCNCc1c(C(=O)O)cnn1C. The van der Waals surface area contributed by atoms with E-state index < -0.39 is 5.97 Å². The highest BCUT2D eigenvalue weighted by Gasteiger charge is 2.13. The Hall–Kier alpha value is -1.01. The summed E-state index contributed by atoms with van der Waals surface area (Å²) in [5.74, 6) is 0.296. The lowest BCUT2D eigenvalue weighted by molar-refractivity contribution is 0.0695. The van der Waals surface area contributed by atoms with Gasteiger partial charge >= 0.3 is 5.97 Å². The Morgan fingerprint density at radius 2 is 2.28 bits per heavy atom. The van der Waals surface area contributed by atoms with Gasteiger partial charge in [-0.05, 0) is 31.4 Å². The number of nitrogens with zero attached hydrogens (tertiary/aromatic N) is 2. The van der Waals surface area contributed by atoms with Gasteiger partial charge in [0.2, 0.25) is 0 Å². The molecule has 0 aliphatic carbocycles. The van der Waals surface area contributed by atoms with Crippen molar-refractivity contribution < 1.29 is 9.90 Å². The second kappa shape index (κ2) is 8.16. The van der Waals surface area contributed by atoms with Gasteiger partial charge in [0.1, 0.15) is 5.56 Å². The largest absolute Gasteiger partial charge is 0.478 e. The van der Waals surface area contributed by atoms with Crippen LogP contribution in [0.4, 0.5) is 0 Å². The van der Waals surface area contributed by atoms with Gasteiger partial charge in [0.25, 0.3) is 0 Å². The van der Waals surface area contributed by atoms with Crippen molar-refractivity contribution in [3.8, 4) is 0 Å². The standard InChI is InChI=1S/C12H21N3O2S/c1-15-11(10(8-14-15)12(16)17)9-13-6-4-3-5-7-18-2/h8,13H,3-7,9H2,1-2H3,(H,16,17). The molecule has 1 heterocycles. The molecule has 0 aliphatic heterocycles. The number of aryl methyl sites for hydroxylation is 1. The van der Waals surface area contributed by atoms with Crippen LogP contribution in [0.2, 0.25) is 0 Å². The first kappa shape index (κ1) is 15.0. The van der Waals surface area contributed by atoms with Crippen LogP contribution in [0.1, 0.15) is 35.3 Å². The number of carboxylic acids is 1. The third-order valence-corrected chi connectivity index (χ3v) is 3.48. The van der Waals surface area contributed by atoms with Crippen LogP contribution in [0.15, 0.2) is 6.20 Å². The van der Waals surface area contributed by atoms with E-state index >= 15 is 0 Å². The Labute approximate surface area is 112 Å². The molecule has 0 aromatic carbocycles. The first-order valence-corrected chi connectivity index (χ1v) is 7.50. The first-order valence-electron chi connectivity index (χ1n) is 6.10. The van der Waals surface area contributed by atoms with Crippen LogP contribution in [0.25, 0.3) is 0 Å². The molecule has 0 saturated heterocycles. The lowest BCUT2D eigenvalue weighted by Crippen LogP contribution is -2.19. The Morgan fingerprint density at radius 3 is 2.94 bits per heavy atom. The fraction of sp³-hybridized carbons (Fsp3) is 0.667. The lowest BCUT2D eigenvalue weighted by atomic mass is 10.2. The molecule has 0 unspecified atom stereocenters. The van der Waals surface area contributed by atoms with Crippen molar-refractivity contribution in [3.05, 3.63) is 17.5 Å². The van der Waals surface area contributed by atoms with Gasteiger partial charge in [0.15, 0.2) is 0 Å². The molecule has 5 nitrogen and oxygen atoms in total. The number of hydrogen-bond donors (Lipinski definition) is 2. The number of aromatic carboxylic acids is 1. The van der Waals surface area contributed by atoms with E-state index in [1.54, 1.807) is 11.7 Å². The zero-order valence-corrected chi connectivity index (χ0v) is 11.8. The van der Waals surface area contributed by atoms with E-state index in [0.29, 0.717) is 6.54 Å². The molecule has 6 heteroatoms. The van der Waals surface area contributed by atoms with Gasteiger partial charge in [-0.3, -0.25) is 4.68 Å². The molecule has 0 saturated carbocycles. The number of carboxylic acid groups (broad SMARTS) is 1. The minimum atomic E-state index is -0.917. The third-order valence-electron chi connectivity index (χ3n) is 2.79. The average molecular weight is 271 g/mol. The zero-order chi connectivity index (χ0) is 13.4. The molecule has 1 rings (SSSR count). The molecule has 18 heavy (non-hydrogen) atoms. The molecular weight excluding hydrogens is 250 g/mol. The molecule has 102 valence electrons. The van der Waals surface area contributed by atoms with Gasteiger partial charge in [-0.1, -0.05) is 6.42 Å². The number of thioether (sulfide) groups is 1. The van der Waals surface area contributed by atoms with Crippen molar-refractivity contribution in [2.75, 3.05) is 18.6 Å². The number of rotatable bonds is 9. The Kier molecular flexibility index (Phi) is 6.82. The summed E-state index contributed by atoms with van der Waals surface area (Å²) in [5, 5.41) is 16.2. The van der Waals surface area contributed by atoms with Crippen LogP contribution >= 0.6 is 11.8 Å². The zero-order valence-electron chi connectivity index (χ0n) is 11.0. The molecule has 0 atom stereocenters. The summed E-state index contributed by atoms with van der Waals surface area (Å²) in [7, 11) is 1.77. The molecule has 0 bridgehead atoms. The Morgan fingerprint density at radius 1 is 1.50 bits per heavy atom. The number of carbonyl (C=O) groups is 1. The van der Waals surface area contributed by atoms with Gasteiger partial charge < -0.3 is 10.4 Å². The molecule has 1 aromatic heterocycles. The van der Waals surface area contributed by atoms with Crippen molar-refractivity contribution in [2.45, 2.75) is 25.8 Å². The van der Waals surface area contributed by atoms with E-state index in [1.807, 2.05) is 11.8 Å². The molecular formula is C12H21N3O2S. The summed E-state index contributed by atoms with van der Waals surface area (Å²) in [6.45, 7) is 1.47. The Bertz CT molecular complexity index is 379. The van der Waals surface area contributed by atoms with Crippen molar-refractivity contribution in [1.82, 2.24) is 15.1 Å². The summed E-state index contributed by atoms with van der Waals surface area (Å²) < 4.78 is 1.62. The predicted octanol–water partition coefficient (Wildman–Crippen LogP) is 1.74. The van der Waals surface area contributed by atoms with Crippen molar-refractivity contribution in [1.29, 1.82) is 0 Å². The topological polar surface area (TPSA) is 67.2 Å². The highest BCUT2D eigenvalue weighted by molar-refractivity contribution is 7.98. The van der Waals surface area contributed by atoms with E-state index in [1.165, 1.54) is 24.8 Å². The number of nitrogens with one attached hydrogen (secondary N) is 1. The van der Waals surface area contributed by atoms with Crippen LogP contribution in [0, 0.1) is 0 Å². The van der Waals surface area contributed by atoms with Gasteiger partial charge in [-0.15, -0.1) is 0 Å². The number of hydrogen-bond acceptors (Lipinski definition) is 4. The highest BCUT2D eigenvalue weighted by atomic mass is 32.2. The fourth-order valence-corrected chi connectivity index (χ4v) is 2.22. The van der Waals surface area contributed by atoms with Crippen LogP contribution < -0.4 is 5.32 Å². The predicted molar refractivity (Wildman–Crippen MR) is 74.1 cm³/mol. The number of unbranched alkanes of at least 4 members (excludes halogenated alkanes) is 2. The quantitative estimate of drug-likeness (QED) is 0.670. The second-order valence-electron chi connectivity index (χ2n) is 4.16. The molecule has 1 aromatic rings. The van der Waals surface area contributed by atoms with E-state index in [-0.39, 0.29) is 5.56 Å². The van der Waals surface area contributed by atoms with Crippen molar-refractivity contribution >= 4 is 17.7 Å². The van der Waals surface area contributed by atoms with Gasteiger partial charge in [-0.2, -0.15) is 16.9 Å². The normalized spacial score (nSPS) is 10.8. The van der Waals surface area contributed by atoms with Gasteiger partial charge in [0, 0.05) is 13.6 Å². The lowest BCUT2D eigenvalue weighted by Gasteiger charge is -2.06. The van der Waals surface area contributed by atoms with Crippen LogP contribution in [0.5, 0.6) is 0 Å². The monoisotopic (exact) mass is 271 g/mol. The maximum atomic E-state index is 11.0. The summed E-state index contributed by atoms with van der Waals surface area (Å²) in [4.78, 5) is 11.0. The molecule has 0 spiro atoms. The summed E-state index contributed by atoms with van der Waals surface area (Å²) >= 11 is 1.87. The Balaban J connectivity index is 2.27. The van der Waals surface area contributed by atoms with Gasteiger partial charge in [0.05, 0.1) is 11.9 Å². The van der Waals surface area contributed by atoms with Crippen molar-refractivity contribution in [3.63, 3.8) is 0 Å². The van der Waals surface area contributed by atoms with Crippen LogP contribution in [0.3, 0.4) is 0 Å². The maximum Gasteiger partial charge on any atom is 0.339 e. The van der Waals surface area contributed by atoms with Crippen LogP contribution in [-0.4, -0.2) is 39.4 Å². The fourth-order valence-electron chi connectivity index (χ4n) is 1.73. The second-order valence-corrected chi connectivity index (χ2v) is 5.15. The molecule has 2 N–H and O–H groups in total. The third kappa shape index (κ3) is 4.70. The van der Waals surface area contributed by atoms with Crippen molar-refractivity contribution in [2.24, 2.45) is 7.05 Å². The van der Waals surface area contributed by atoms with Crippen LogP contribution in [-0.2, 0) is 13.6 Å². The minimum Gasteiger partial charge on any atom is -0.478 e. The number of aromatic nitrogens is 2.